The number of hydrogen-bond donors (Lipinski definition) is 1. The Morgan fingerprint density at radius 2 is 1.74 bits per heavy atom. The van der Waals surface area contributed by atoms with E-state index in [1.54, 1.807) is 35.3 Å². The lowest BCUT2D eigenvalue weighted by Gasteiger charge is -2.31. The maximum Gasteiger partial charge on any atom is 0.320 e. The molecule has 1 fully saturated rings. The van der Waals surface area contributed by atoms with E-state index in [1.165, 1.54) is 15.7 Å². The van der Waals surface area contributed by atoms with Crippen molar-refractivity contribution in [3.63, 3.8) is 0 Å². The minimum absolute atomic E-state index is 0.0644. The molecular formula is C27H31N5O3. The fraction of sp³-hybridized carbons (Fsp3) is 0.370. The predicted molar refractivity (Wildman–Crippen MR) is 134 cm³/mol. The van der Waals surface area contributed by atoms with Crippen LogP contribution in [-0.2, 0) is 26.6 Å². The molecule has 8 heteroatoms. The number of nitrogens with zero attached hydrogens (tertiary/aromatic N) is 5. The minimum Gasteiger partial charge on any atom is -0.390 e. The standard InChI is InChI=1S/C27H31N5O3/c1-29-10-8-21(14-26(29)34)22-6-7-24(28-15-22)17-31-12-13-32(27(31)35)19-25(33)18-30-11-9-20-4-2-3-5-23(20)16-30/h2-8,10,14-15,25,33H,9,11-13,16-19H2,1H3. The summed E-state index contributed by atoms with van der Waals surface area (Å²) in [7, 11) is 1.72. The van der Waals surface area contributed by atoms with Gasteiger partial charge in [0.25, 0.3) is 5.56 Å². The smallest absolute Gasteiger partial charge is 0.320 e. The Morgan fingerprint density at radius 1 is 0.943 bits per heavy atom. The van der Waals surface area contributed by atoms with Crippen molar-refractivity contribution in [1.29, 1.82) is 0 Å². The monoisotopic (exact) mass is 473 g/mol. The average molecular weight is 474 g/mol. The summed E-state index contributed by atoms with van der Waals surface area (Å²) in [5, 5.41) is 10.7. The van der Waals surface area contributed by atoms with Crippen LogP contribution >= 0.6 is 0 Å². The number of benzene rings is 1. The summed E-state index contributed by atoms with van der Waals surface area (Å²) in [4.78, 5) is 35.1. The van der Waals surface area contributed by atoms with Crippen molar-refractivity contribution in [3.05, 3.63) is 88.1 Å². The zero-order valence-corrected chi connectivity index (χ0v) is 20.0. The van der Waals surface area contributed by atoms with Gasteiger partial charge in [-0.2, -0.15) is 0 Å². The highest BCUT2D eigenvalue weighted by molar-refractivity contribution is 5.76. The van der Waals surface area contributed by atoms with Crippen LogP contribution < -0.4 is 5.56 Å². The molecule has 3 aromatic rings. The van der Waals surface area contributed by atoms with Crippen molar-refractivity contribution in [2.24, 2.45) is 7.05 Å². The van der Waals surface area contributed by atoms with Gasteiger partial charge in [0, 0.05) is 70.3 Å². The lowest BCUT2D eigenvalue weighted by atomic mass is 10.00. The summed E-state index contributed by atoms with van der Waals surface area (Å²) in [6.45, 7) is 4.29. The largest absolute Gasteiger partial charge is 0.390 e. The van der Waals surface area contributed by atoms with E-state index in [1.807, 2.05) is 18.2 Å². The van der Waals surface area contributed by atoms with Crippen LogP contribution in [0, 0.1) is 0 Å². The normalized spacial score (nSPS) is 17.0. The van der Waals surface area contributed by atoms with Crippen LogP contribution in [0.25, 0.3) is 11.1 Å². The Labute approximate surface area is 205 Å². The number of urea groups is 1. The third-order valence-electron chi connectivity index (χ3n) is 6.91. The first kappa shape index (κ1) is 23.3. The highest BCUT2D eigenvalue weighted by Crippen LogP contribution is 2.20. The van der Waals surface area contributed by atoms with Gasteiger partial charge < -0.3 is 19.5 Å². The topological polar surface area (TPSA) is 81.9 Å². The number of pyridine rings is 2. The van der Waals surface area contributed by atoms with Crippen molar-refractivity contribution < 1.29 is 9.90 Å². The van der Waals surface area contributed by atoms with Crippen LogP contribution in [-0.4, -0.2) is 74.2 Å². The third-order valence-corrected chi connectivity index (χ3v) is 6.91. The number of aliphatic hydroxyl groups excluding tert-OH is 1. The second kappa shape index (κ2) is 10.0. The average Bonchev–Trinajstić information content (AvgIpc) is 3.20. The highest BCUT2D eigenvalue weighted by Gasteiger charge is 2.30. The van der Waals surface area contributed by atoms with Crippen molar-refractivity contribution in [2.45, 2.75) is 25.6 Å². The number of carbonyl (C=O) groups is 1. The zero-order valence-electron chi connectivity index (χ0n) is 20.0. The number of fused-ring (bicyclic) bond motifs is 1. The first-order chi connectivity index (χ1) is 17.0. The quantitative estimate of drug-likeness (QED) is 0.569. The SMILES string of the molecule is Cn1ccc(-c2ccc(CN3CCN(CC(O)CN4CCc5ccccc5C4)C3=O)nc2)cc1=O. The van der Waals surface area contributed by atoms with E-state index in [9.17, 15) is 14.7 Å². The summed E-state index contributed by atoms with van der Waals surface area (Å²) in [5.41, 5.74) is 5.12. The number of rotatable bonds is 7. The molecule has 1 saturated heterocycles. The van der Waals surface area contributed by atoms with Crippen LogP contribution in [0.5, 0.6) is 0 Å². The van der Waals surface area contributed by atoms with Crippen molar-refractivity contribution in [2.75, 3.05) is 32.7 Å². The van der Waals surface area contributed by atoms with E-state index in [2.05, 4.69) is 34.1 Å². The zero-order chi connectivity index (χ0) is 24.4. The fourth-order valence-corrected chi connectivity index (χ4v) is 4.88. The van der Waals surface area contributed by atoms with Crippen molar-refractivity contribution in [1.82, 2.24) is 24.3 Å². The van der Waals surface area contributed by atoms with Gasteiger partial charge in [0.1, 0.15) is 0 Å². The molecule has 2 amide bonds. The van der Waals surface area contributed by atoms with Crippen LogP contribution in [0.4, 0.5) is 4.79 Å². The lowest BCUT2D eigenvalue weighted by molar-refractivity contribution is 0.0812. The molecule has 1 aromatic carbocycles. The van der Waals surface area contributed by atoms with Gasteiger partial charge in [-0.25, -0.2) is 4.79 Å². The predicted octanol–water partition coefficient (Wildman–Crippen LogP) is 2.10. The molecule has 1 atom stereocenters. The van der Waals surface area contributed by atoms with Crippen LogP contribution in [0.1, 0.15) is 16.8 Å². The Kier molecular flexibility index (Phi) is 6.66. The molecule has 0 saturated carbocycles. The Balaban J connectivity index is 1.13. The van der Waals surface area contributed by atoms with Crippen LogP contribution in [0.15, 0.2) is 65.7 Å². The van der Waals surface area contributed by atoms with Gasteiger partial charge in [0.05, 0.1) is 18.3 Å². The molecular weight excluding hydrogens is 442 g/mol. The van der Waals surface area contributed by atoms with Gasteiger partial charge in [0.15, 0.2) is 0 Å². The Bertz CT molecular complexity index is 1260. The van der Waals surface area contributed by atoms with Gasteiger partial charge in [-0.05, 0) is 35.2 Å². The third kappa shape index (κ3) is 5.28. The van der Waals surface area contributed by atoms with E-state index in [0.717, 1.165) is 36.3 Å². The molecule has 0 aliphatic carbocycles. The van der Waals surface area contributed by atoms with E-state index in [-0.39, 0.29) is 11.6 Å². The molecule has 2 aromatic heterocycles. The van der Waals surface area contributed by atoms with Gasteiger partial charge in [0.2, 0.25) is 0 Å². The van der Waals surface area contributed by atoms with E-state index >= 15 is 0 Å². The second-order valence-electron chi connectivity index (χ2n) is 9.46. The molecule has 0 spiro atoms. The van der Waals surface area contributed by atoms with Gasteiger partial charge in [-0.1, -0.05) is 30.3 Å². The van der Waals surface area contributed by atoms with Gasteiger partial charge in [-0.3, -0.25) is 14.7 Å². The number of aliphatic hydroxyl groups is 1. The summed E-state index contributed by atoms with van der Waals surface area (Å²) in [6, 6.07) is 15.7. The maximum atomic E-state index is 12.9. The molecule has 182 valence electrons. The summed E-state index contributed by atoms with van der Waals surface area (Å²) in [5.74, 6) is 0. The molecule has 35 heavy (non-hydrogen) atoms. The Hall–Kier alpha value is -3.49. The molecule has 0 radical (unpaired) electrons. The lowest BCUT2D eigenvalue weighted by Crippen LogP contribution is -2.43. The number of aromatic nitrogens is 2. The van der Waals surface area contributed by atoms with Crippen molar-refractivity contribution >= 4 is 6.03 Å². The molecule has 1 N–H and O–H groups in total. The summed E-state index contributed by atoms with van der Waals surface area (Å²) < 4.78 is 1.53. The Morgan fingerprint density at radius 3 is 2.51 bits per heavy atom. The molecule has 8 nitrogen and oxygen atoms in total. The number of carbonyl (C=O) groups excluding carboxylic acids is 1. The first-order valence-corrected chi connectivity index (χ1v) is 12.1. The van der Waals surface area contributed by atoms with Crippen LogP contribution in [0.3, 0.4) is 0 Å². The number of hydrogen-bond acceptors (Lipinski definition) is 5. The van der Waals surface area contributed by atoms with E-state index < -0.39 is 6.10 Å². The molecule has 5 rings (SSSR count). The maximum absolute atomic E-state index is 12.9. The molecule has 2 aliphatic rings. The summed E-state index contributed by atoms with van der Waals surface area (Å²) >= 11 is 0. The van der Waals surface area contributed by atoms with Gasteiger partial charge >= 0.3 is 6.03 Å². The second-order valence-corrected chi connectivity index (χ2v) is 9.46. The molecule has 0 bridgehead atoms. The molecule has 1 unspecified atom stereocenters. The summed E-state index contributed by atoms with van der Waals surface area (Å²) in [6.07, 6.45) is 3.89. The van der Waals surface area contributed by atoms with Crippen LogP contribution in [0.2, 0.25) is 0 Å². The highest BCUT2D eigenvalue weighted by atomic mass is 16.3. The van der Waals surface area contributed by atoms with E-state index in [4.69, 9.17) is 0 Å². The van der Waals surface area contributed by atoms with Gasteiger partial charge in [-0.15, -0.1) is 0 Å². The fourth-order valence-electron chi connectivity index (χ4n) is 4.88. The number of β-amino-alcohol motifs (C(OH)–C–C–N with tert-alkyl or cyclic N) is 1. The molecule has 2 aliphatic heterocycles. The molecule has 4 heterocycles. The first-order valence-electron chi connectivity index (χ1n) is 12.1. The minimum atomic E-state index is -0.583. The van der Waals surface area contributed by atoms with E-state index in [0.29, 0.717) is 32.7 Å². The number of aryl methyl sites for hydroxylation is 1. The van der Waals surface area contributed by atoms with Crippen molar-refractivity contribution in [3.8, 4) is 11.1 Å². The number of amides is 2.